The third-order valence-corrected chi connectivity index (χ3v) is 3.79. The lowest BCUT2D eigenvalue weighted by Crippen LogP contribution is -2.36. The molecule has 0 unspecified atom stereocenters. The zero-order valence-electron chi connectivity index (χ0n) is 14.0. The molecule has 0 radical (unpaired) electrons. The predicted octanol–water partition coefficient (Wildman–Crippen LogP) is 3.24. The summed E-state index contributed by atoms with van der Waals surface area (Å²) in [5, 5.41) is 2.60. The van der Waals surface area contributed by atoms with E-state index in [2.05, 4.69) is 12.1 Å². The van der Waals surface area contributed by atoms with Crippen molar-refractivity contribution in [3.05, 3.63) is 82.7 Å². The van der Waals surface area contributed by atoms with Gasteiger partial charge in [0.2, 0.25) is 0 Å². The Morgan fingerprint density at radius 2 is 1.64 bits per heavy atom. The maximum absolute atomic E-state index is 11.1. The summed E-state index contributed by atoms with van der Waals surface area (Å²) in [4.78, 5) is 16.7. The Morgan fingerprint density at radius 3 is 2.40 bits per heavy atom. The fourth-order valence-corrected chi connectivity index (χ4v) is 2.45. The maximum atomic E-state index is 11.1. The Hall–Kier alpha value is -2.47. The average Bonchev–Trinajstić information content (AvgIpc) is 2.69. The van der Waals surface area contributed by atoms with Crippen molar-refractivity contribution in [2.45, 2.75) is 6.61 Å². The molecule has 1 aliphatic rings. The van der Waals surface area contributed by atoms with Crippen LogP contribution in [-0.4, -0.2) is 31.4 Å². The van der Waals surface area contributed by atoms with Crippen LogP contribution in [0, 0.1) is 0 Å². The molecule has 5 heteroatoms. The fourth-order valence-electron chi connectivity index (χ4n) is 2.45. The Kier molecular flexibility index (Phi) is 6.34. The molecular weight excluding hydrogens is 318 g/mol. The molecule has 0 saturated carbocycles. The molecular formula is C20H21NO4. The topological polar surface area (TPSA) is 51.9 Å². The fraction of sp³-hybridized carbons (Fsp3) is 0.250. The number of hydroxylamine groups is 2. The minimum atomic E-state index is 0.00634. The SMILES string of the molecule is O=c1ccoc2ccccc12.c1ccc(CON2CCOCC2)cc1. The number of benzene rings is 2. The number of para-hydroxylation sites is 1. The van der Waals surface area contributed by atoms with E-state index in [1.54, 1.807) is 12.1 Å². The first-order valence-corrected chi connectivity index (χ1v) is 8.29. The zero-order valence-corrected chi connectivity index (χ0v) is 14.0. The van der Waals surface area contributed by atoms with Crippen LogP contribution in [0.1, 0.15) is 5.56 Å². The number of rotatable bonds is 3. The van der Waals surface area contributed by atoms with Gasteiger partial charge in [-0.1, -0.05) is 42.5 Å². The van der Waals surface area contributed by atoms with Crippen LogP contribution >= 0.6 is 0 Å². The van der Waals surface area contributed by atoms with E-state index < -0.39 is 0 Å². The van der Waals surface area contributed by atoms with Gasteiger partial charge in [-0.2, -0.15) is 5.06 Å². The van der Waals surface area contributed by atoms with Crippen LogP contribution in [0.5, 0.6) is 0 Å². The molecule has 2 aromatic carbocycles. The smallest absolute Gasteiger partial charge is 0.192 e. The highest BCUT2D eigenvalue weighted by Crippen LogP contribution is 2.07. The summed E-state index contributed by atoms with van der Waals surface area (Å²) >= 11 is 0. The molecule has 0 bridgehead atoms. The molecule has 0 spiro atoms. The van der Waals surface area contributed by atoms with Crippen molar-refractivity contribution in [3.8, 4) is 0 Å². The highest BCUT2D eigenvalue weighted by Gasteiger charge is 2.10. The minimum Gasteiger partial charge on any atom is -0.464 e. The molecule has 1 saturated heterocycles. The van der Waals surface area contributed by atoms with Gasteiger partial charge in [0.05, 0.1) is 31.5 Å². The number of hydrogen-bond acceptors (Lipinski definition) is 5. The van der Waals surface area contributed by atoms with E-state index in [1.165, 1.54) is 17.9 Å². The first kappa shape index (κ1) is 17.4. The van der Waals surface area contributed by atoms with Crippen molar-refractivity contribution in [1.29, 1.82) is 0 Å². The van der Waals surface area contributed by atoms with Crippen LogP contribution in [0.2, 0.25) is 0 Å². The molecule has 0 aliphatic carbocycles. The van der Waals surface area contributed by atoms with E-state index >= 15 is 0 Å². The lowest BCUT2D eigenvalue weighted by Gasteiger charge is -2.25. The molecule has 0 N–H and O–H groups in total. The lowest BCUT2D eigenvalue weighted by molar-refractivity contribution is -0.202. The molecule has 0 atom stereocenters. The number of nitrogens with zero attached hydrogens (tertiary/aromatic N) is 1. The normalized spacial score (nSPS) is 14.7. The minimum absolute atomic E-state index is 0.00634. The summed E-state index contributed by atoms with van der Waals surface area (Å²) < 4.78 is 10.3. The first-order chi connectivity index (χ1) is 12.3. The van der Waals surface area contributed by atoms with Crippen molar-refractivity contribution in [1.82, 2.24) is 5.06 Å². The highest BCUT2D eigenvalue weighted by atomic mass is 16.7. The van der Waals surface area contributed by atoms with Gasteiger partial charge in [0.25, 0.3) is 0 Å². The van der Waals surface area contributed by atoms with Crippen LogP contribution in [0.15, 0.2) is 76.1 Å². The summed E-state index contributed by atoms with van der Waals surface area (Å²) in [7, 11) is 0. The molecule has 3 aromatic rings. The summed E-state index contributed by atoms with van der Waals surface area (Å²) in [6, 6.07) is 18.8. The number of hydrogen-bond donors (Lipinski definition) is 0. The van der Waals surface area contributed by atoms with Crippen LogP contribution < -0.4 is 5.43 Å². The zero-order chi connectivity index (χ0) is 17.3. The van der Waals surface area contributed by atoms with Crippen LogP contribution in [0.25, 0.3) is 11.0 Å². The molecule has 130 valence electrons. The third-order valence-electron chi connectivity index (χ3n) is 3.79. The number of morpholine rings is 1. The first-order valence-electron chi connectivity index (χ1n) is 8.29. The van der Waals surface area contributed by atoms with E-state index in [1.807, 2.05) is 35.4 Å². The summed E-state index contributed by atoms with van der Waals surface area (Å²) in [6.07, 6.45) is 1.41. The van der Waals surface area contributed by atoms with E-state index in [-0.39, 0.29) is 5.43 Å². The summed E-state index contributed by atoms with van der Waals surface area (Å²) in [6.45, 7) is 3.93. The van der Waals surface area contributed by atoms with Gasteiger partial charge >= 0.3 is 0 Å². The van der Waals surface area contributed by atoms with E-state index in [9.17, 15) is 4.79 Å². The second-order valence-electron chi connectivity index (χ2n) is 5.58. The van der Waals surface area contributed by atoms with E-state index in [0.717, 1.165) is 26.3 Å². The Balaban J connectivity index is 0.000000150. The number of fused-ring (bicyclic) bond motifs is 1. The van der Waals surface area contributed by atoms with E-state index in [4.69, 9.17) is 14.0 Å². The van der Waals surface area contributed by atoms with Gasteiger partial charge in [0, 0.05) is 19.2 Å². The molecule has 1 fully saturated rings. The quantitative estimate of drug-likeness (QED) is 0.733. The largest absolute Gasteiger partial charge is 0.464 e. The van der Waals surface area contributed by atoms with E-state index in [0.29, 0.717) is 17.6 Å². The van der Waals surface area contributed by atoms with Crippen LogP contribution in [-0.2, 0) is 16.2 Å². The summed E-state index contributed by atoms with van der Waals surface area (Å²) in [5.41, 5.74) is 1.85. The van der Waals surface area contributed by atoms with Gasteiger partial charge in [0.1, 0.15) is 5.58 Å². The Bertz CT molecular complexity index is 820. The van der Waals surface area contributed by atoms with Crippen molar-refractivity contribution < 1.29 is 14.0 Å². The molecule has 5 nitrogen and oxygen atoms in total. The van der Waals surface area contributed by atoms with Crippen molar-refractivity contribution in [3.63, 3.8) is 0 Å². The van der Waals surface area contributed by atoms with Gasteiger partial charge in [0.15, 0.2) is 5.43 Å². The second kappa shape index (κ2) is 9.13. The monoisotopic (exact) mass is 339 g/mol. The predicted molar refractivity (Wildman–Crippen MR) is 96.1 cm³/mol. The third kappa shape index (κ3) is 5.26. The van der Waals surface area contributed by atoms with Gasteiger partial charge in [-0.05, 0) is 17.7 Å². The van der Waals surface area contributed by atoms with Crippen molar-refractivity contribution >= 4 is 11.0 Å². The van der Waals surface area contributed by atoms with Crippen LogP contribution in [0.3, 0.4) is 0 Å². The van der Waals surface area contributed by atoms with Gasteiger partial charge in [-0.3, -0.25) is 9.63 Å². The molecule has 1 aromatic heterocycles. The molecule has 25 heavy (non-hydrogen) atoms. The van der Waals surface area contributed by atoms with Crippen molar-refractivity contribution in [2.24, 2.45) is 0 Å². The summed E-state index contributed by atoms with van der Waals surface area (Å²) in [5.74, 6) is 0. The maximum Gasteiger partial charge on any atom is 0.192 e. The Labute approximate surface area is 146 Å². The van der Waals surface area contributed by atoms with Gasteiger partial charge in [-0.25, -0.2) is 0 Å². The molecule has 4 rings (SSSR count). The number of ether oxygens (including phenoxy) is 1. The molecule has 0 amide bonds. The van der Waals surface area contributed by atoms with Gasteiger partial charge < -0.3 is 9.15 Å². The molecule has 1 aliphatic heterocycles. The van der Waals surface area contributed by atoms with Crippen LogP contribution in [0.4, 0.5) is 0 Å². The lowest BCUT2D eigenvalue weighted by atomic mass is 10.2. The standard InChI is InChI=1S/C11H15NO2.C9H6O2/c1-2-4-11(5-3-1)10-14-12-6-8-13-9-7-12;10-8-5-6-11-9-4-2-1-3-7(8)9/h1-5H,6-10H2;1-6H. The van der Waals surface area contributed by atoms with Gasteiger partial charge in [-0.15, -0.1) is 0 Å². The Morgan fingerprint density at radius 1 is 0.920 bits per heavy atom. The average molecular weight is 339 g/mol. The second-order valence-corrected chi connectivity index (χ2v) is 5.58. The molecule has 2 heterocycles. The highest BCUT2D eigenvalue weighted by molar-refractivity contribution is 5.75. The van der Waals surface area contributed by atoms with Crippen molar-refractivity contribution in [2.75, 3.05) is 26.3 Å².